The molecule has 4 heteroatoms. The molecule has 5 aliphatic rings. The molecule has 5 aliphatic carbocycles. The van der Waals surface area contributed by atoms with E-state index in [4.69, 9.17) is 5.11 Å². The molecule has 35 heavy (non-hydrogen) atoms. The fraction of sp³-hybridized carbons (Fsp3) is 0.968. The molecule has 5 fully saturated rings. The van der Waals surface area contributed by atoms with E-state index in [1.165, 1.54) is 44.9 Å². The number of fused-ring (bicyclic) bond motifs is 7. The van der Waals surface area contributed by atoms with E-state index in [9.17, 15) is 15.0 Å². The molecule has 0 aromatic heterocycles. The molecule has 0 aliphatic heterocycles. The minimum Gasteiger partial charge on any atom is -0.481 e. The fourth-order valence-corrected chi connectivity index (χ4v) is 11.9. The standard InChI is InChI=1S/C30H50O3.CH4O/c1-19(18-31)20-10-15-30(25(32)33)17-16-28(5)21(24(20)30)8-9-23-27(4)13-7-12-26(2,3)22(27)11-14-29(23,28)6;1-2/h19-24,31H,7-18H2,1-6H3,(H,32,33);2H,1H3/t19?,20?,21?,22?,23?,24?,27?,28-,29?,30?;/m1./s1. The van der Waals surface area contributed by atoms with Crippen LogP contribution in [0.3, 0.4) is 0 Å². The van der Waals surface area contributed by atoms with Gasteiger partial charge in [-0.15, -0.1) is 0 Å². The number of aliphatic carboxylic acids is 1. The second-order valence-electron chi connectivity index (χ2n) is 14.9. The van der Waals surface area contributed by atoms with Crippen molar-refractivity contribution in [3.8, 4) is 0 Å². The van der Waals surface area contributed by atoms with E-state index < -0.39 is 11.4 Å². The van der Waals surface area contributed by atoms with Crippen molar-refractivity contribution in [3.63, 3.8) is 0 Å². The van der Waals surface area contributed by atoms with Crippen molar-refractivity contribution in [3.05, 3.63) is 0 Å². The summed E-state index contributed by atoms with van der Waals surface area (Å²) in [6, 6.07) is 0. The van der Waals surface area contributed by atoms with Crippen LogP contribution < -0.4 is 0 Å². The Kier molecular flexibility index (Phi) is 7.05. The maximum Gasteiger partial charge on any atom is 0.309 e. The first-order valence-electron chi connectivity index (χ1n) is 14.7. The Labute approximate surface area is 214 Å². The van der Waals surface area contributed by atoms with Crippen molar-refractivity contribution in [2.75, 3.05) is 13.7 Å². The van der Waals surface area contributed by atoms with Gasteiger partial charge in [-0.2, -0.15) is 0 Å². The molecule has 0 spiro atoms. The molecule has 3 N–H and O–H groups in total. The lowest BCUT2D eigenvalue weighted by molar-refractivity contribution is -0.240. The van der Waals surface area contributed by atoms with Crippen LogP contribution >= 0.6 is 0 Å². The average molecular weight is 491 g/mol. The molecule has 4 nitrogen and oxygen atoms in total. The third-order valence-electron chi connectivity index (χ3n) is 13.7. The molecule has 202 valence electrons. The van der Waals surface area contributed by atoms with Crippen molar-refractivity contribution < 1.29 is 20.1 Å². The zero-order valence-corrected chi connectivity index (χ0v) is 23.7. The highest BCUT2D eigenvalue weighted by Gasteiger charge is 2.71. The number of hydrogen-bond acceptors (Lipinski definition) is 3. The largest absolute Gasteiger partial charge is 0.481 e. The summed E-state index contributed by atoms with van der Waals surface area (Å²) in [4.78, 5) is 12.8. The lowest BCUT2D eigenvalue weighted by atomic mass is 9.32. The topological polar surface area (TPSA) is 77.8 Å². The Morgan fingerprint density at radius 3 is 2.14 bits per heavy atom. The van der Waals surface area contributed by atoms with E-state index in [-0.39, 0.29) is 23.9 Å². The van der Waals surface area contributed by atoms with Gasteiger partial charge in [-0.05, 0) is 121 Å². The molecule has 10 atom stereocenters. The number of hydrogen-bond donors (Lipinski definition) is 3. The molecule has 0 amide bonds. The van der Waals surface area contributed by atoms with E-state index in [1.807, 2.05) is 0 Å². The number of aliphatic hydroxyl groups excluding tert-OH is 2. The molecule has 0 aromatic carbocycles. The smallest absolute Gasteiger partial charge is 0.309 e. The highest BCUT2D eigenvalue weighted by Crippen LogP contribution is 2.77. The first-order chi connectivity index (χ1) is 16.4. The van der Waals surface area contributed by atoms with Gasteiger partial charge in [-0.1, -0.05) is 48.0 Å². The van der Waals surface area contributed by atoms with Crippen molar-refractivity contribution in [1.29, 1.82) is 0 Å². The summed E-state index contributed by atoms with van der Waals surface area (Å²) in [5, 5.41) is 27.6. The highest BCUT2D eigenvalue weighted by molar-refractivity contribution is 5.76. The Morgan fingerprint density at radius 1 is 0.829 bits per heavy atom. The average Bonchev–Trinajstić information content (AvgIpc) is 3.21. The number of carbonyl (C=O) groups is 1. The number of rotatable bonds is 3. The van der Waals surface area contributed by atoms with Crippen LogP contribution in [0.1, 0.15) is 112 Å². The van der Waals surface area contributed by atoms with Crippen molar-refractivity contribution in [2.45, 2.75) is 112 Å². The lowest BCUT2D eigenvalue weighted by Crippen LogP contribution is -2.66. The van der Waals surface area contributed by atoms with Gasteiger partial charge in [-0.3, -0.25) is 4.79 Å². The van der Waals surface area contributed by atoms with Gasteiger partial charge in [0.05, 0.1) is 5.41 Å². The van der Waals surface area contributed by atoms with Crippen LogP contribution in [0.4, 0.5) is 0 Å². The molecule has 0 bridgehead atoms. The Hall–Kier alpha value is -0.610. The molecule has 0 radical (unpaired) electrons. The van der Waals surface area contributed by atoms with Crippen LogP contribution in [0.5, 0.6) is 0 Å². The fourth-order valence-electron chi connectivity index (χ4n) is 11.9. The summed E-state index contributed by atoms with van der Waals surface area (Å²) in [7, 11) is 1.00. The van der Waals surface area contributed by atoms with E-state index in [2.05, 4.69) is 41.5 Å². The van der Waals surface area contributed by atoms with Crippen LogP contribution in [-0.4, -0.2) is 35.0 Å². The summed E-state index contributed by atoms with van der Waals surface area (Å²) in [5.41, 5.74) is 0.846. The van der Waals surface area contributed by atoms with Gasteiger partial charge in [0, 0.05) is 13.7 Å². The van der Waals surface area contributed by atoms with Gasteiger partial charge in [0.1, 0.15) is 0 Å². The van der Waals surface area contributed by atoms with Crippen LogP contribution in [-0.2, 0) is 4.79 Å². The van der Waals surface area contributed by atoms with Gasteiger partial charge in [0.15, 0.2) is 0 Å². The third kappa shape index (κ3) is 3.54. The summed E-state index contributed by atoms with van der Waals surface area (Å²) < 4.78 is 0. The van der Waals surface area contributed by atoms with E-state index in [0.29, 0.717) is 28.1 Å². The first kappa shape index (κ1) is 27.4. The van der Waals surface area contributed by atoms with Crippen LogP contribution in [0.15, 0.2) is 0 Å². The van der Waals surface area contributed by atoms with Gasteiger partial charge in [-0.25, -0.2) is 0 Å². The monoisotopic (exact) mass is 490 g/mol. The molecule has 0 saturated heterocycles. The number of carboxylic acid groups (broad SMARTS) is 1. The molecule has 5 saturated carbocycles. The predicted octanol–water partition coefficient (Wildman–Crippen LogP) is 6.78. The number of aliphatic hydroxyl groups is 2. The van der Waals surface area contributed by atoms with Crippen molar-refractivity contribution in [2.24, 2.45) is 62.6 Å². The first-order valence-corrected chi connectivity index (χ1v) is 14.7. The minimum atomic E-state index is -0.546. The highest BCUT2D eigenvalue weighted by atomic mass is 16.4. The maximum absolute atomic E-state index is 12.8. The Balaban J connectivity index is 0.00000141. The van der Waals surface area contributed by atoms with Crippen LogP contribution in [0.2, 0.25) is 0 Å². The normalized spacial score (nSPS) is 50.9. The minimum absolute atomic E-state index is 0.190. The predicted molar refractivity (Wildman–Crippen MR) is 141 cm³/mol. The second-order valence-corrected chi connectivity index (χ2v) is 14.9. The summed E-state index contributed by atoms with van der Waals surface area (Å²) >= 11 is 0. The quantitative estimate of drug-likeness (QED) is 0.407. The summed E-state index contributed by atoms with van der Waals surface area (Å²) in [5.74, 6) is 2.33. The summed E-state index contributed by atoms with van der Waals surface area (Å²) in [6.07, 6.45) is 13.0. The molecular weight excluding hydrogens is 436 g/mol. The summed E-state index contributed by atoms with van der Waals surface area (Å²) in [6.45, 7) is 15.3. The Bertz CT molecular complexity index is 808. The molecule has 9 unspecified atom stereocenters. The molecule has 0 heterocycles. The van der Waals surface area contributed by atoms with Crippen LogP contribution in [0.25, 0.3) is 0 Å². The third-order valence-corrected chi connectivity index (χ3v) is 13.7. The number of carboxylic acids is 1. The molecule has 5 rings (SSSR count). The van der Waals surface area contributed by atoms with Crippen LogP contribution in [0, 0.1) is 62.6 Å². The van der Waals surface area contributed by atoms with E-state index in [0.717, 1.165) is 44.6 Å². The zero-order valence-electron chi connectivity index (χ0n) is 23.7. The zero-order chi connectivity index (χ0) is 26.0. The van der Waals surface area contributed by atoms with E-state index in [1.54, 1.807) is 0 Å². The van der Waals surface area contributed by atoms with Gasteiger partial charge < -0.3 is 15.3 Å². The lowest BCUT2D eigenvalue weighted by Gasteiger charge is -2.72. The molecular formula is C31H54O4. The maximum atomic E-state index is 12.8. The van der Waals surface area contributed by atoms with E-state index >= 15 is 0 Å². The SMILES string of the molecule is CC(CO)C1CCC2(C(=O)O)CC[C@]3(C)C(CCC4C5(C)CCCC(C)(C)C5CCC43C)C12.CO. The van der Waals surface area contributed by atoms with Gasteiger partial charge in [0.25, 0.3) is 0 Å². The van der Waals surface area contributed by atoms with Gasteiger partial charge in [0.2, 0.25) is 0 Å². The Morgan fingerprint density at radius 2 is 1.51 bits per heavy atom. The van der Waals surface area contributed by atoms with Crippen molar-refractivity contribution >= 4 is 5.97 Å². The van der Waals surface area contributed by atoms with Gasteiger partial charge >= 0.3 is 5.97 Å². The molecule has 0 aromatic rings. The van der Waals surface area contributed by atoms with Crippen molar-refractivity contribution in [1.82, 2.24) is 0 Å². The second kappa shape index (κ2) is 9.00.